The minimum atomic E-state index is -3.78. The molecule has 1 aromatic rings. The number of carbonyl (C=O) groups is 1. The first-order valence-corrected chi connectivity index (χ1v) is 6.73. The summed E-state index contributed by atoms with van der Waals surface area (Å²) >= 11 is 0. The summed E-state index contributed by atoms with van der Waals surface area (Å²) in [4.78, 5) is 11.2. The van der Waals surface area contributed by atoms with Gasteiger partial charge in [0.2, 0.25) is 5.91 Å². The quantitative estimate of drug-likeness (QED) is 0.874. The lowest BCUT2D eigenvalue weighted by molar-refractivity contribution is -0.115. The summed E-state index contributed by atoms with van der Waals surface area (Å²) in [6.07, 6.45) is 0.348. The number of hydrogen-bond donors (Lipinski definition) is 1. The predicted molar refractivity (Wildman–Crippen MR) is 68.6 cm³/mol. The van der Waals surface area contributed by atoms with Crippen molar-refractivity contribution in [1.29, 1.82) is 0 Å². The van der Waals surface area contributed by atoms with Crippen LogP contribution in [0.5, 0.6) is 5.75 Å². The van der Waals surface area contributed by atoms with Crippen molar-refractivity contribution >= 4 is 21.9 Å². The van der Waals surface area contributed by atoms with Crippen molar-refractivity contribution in [3.8, 4) is 5.75 Å². The molecule has 18 heavy (non-hydrogen) atoms. The van der Waals surface area contributed by atoms with Crippen LogP contribution in [0, 0.1) is 0 Å². The van der Waals surface area contributed by atoms with Crippen LogP contribution in [0.25, 0.3) is 0 Å². The highest BCUT2D eigenvalue weighted by Gasteiger charge is 2.15. The third kappa shape index (κ3) is 4.01. The van der Waals surface area contributed by atoms with E-state index in [1.54, 1.807) is 19.1 Å². The second kappa shape index (κ2) is 5.83. The molecule has 0 radical (unpaired) electrons. The van der Waals surface area contributed by atoms with E-state index in [2.05, 4.69) is 5.32 Å². The van der Waals surface area contributed by atoms with Crippen molar-refractivity contribution in [2.75, 3.05) is 19.4 Å². The topological polar surface area (TPSA) is 75.7 Å². The zero-order valence-electron chi connectivity index (χ0n) is 10.5. The van der Waals surface area contributed by atoms with Crippen LogP contribution in [0.15, 0.2) is 24.3 Å². The maximum absolute atomic E-state index is 11.5. The van der Waals surface area contributed by atoms with E-state index in [1.165, 1.54) is 26.2 Å². The molecule has 6 nitrogen and oxygen atoms in total. The maximum atomic E-state index is 11.5. The molecule has 0 unspecified atom stereocenters. The van der Waals surface area contributed by atoms with E-state index in [4.69, 9.17) is 4.18 Å². The molecule has 1 rings (SSSR count). The molecule has 1 amide bonds. The van der Waals surface area contributed by atoms with Gasteiger partial charge >= 0.3 is 10.3 Å². The summed E-state index contributed by atoms with van der Waals surface area (Å²) in [6.45, 7) is 1.73. The normalized spacial score (nSPS) is 11.3. The van der Waals surface area contributed by atoms with E-state index in [0.29, 0.717) is 12.1 Å². The molecule has 0 aliphatic carbocycles. The van der Waals surface area contributed by atoms with Crippen molar-refractivity contribution in [1.82, 2.24) is 4.31 Å². The summed E-state index contributed by atoms with van der Waals surface area (Å²) in [5.41, 5.74) is 0.494. The van der Waals surface area contributed by atoms with Crippen LogP contribution in [0.2, 0.25) is 0 Å². The van der Waals surface area contributed by atoms with E-state index in [-0.39, 0.29) is 11.7 Å². The van der Waals surface area contributed by atoms with Gasteiger partial charge < -0.3 is 9.50 Å². The number of anilines is 1. The first kappa shape index (κ1) is 14.5. The van der Waals surface area contributed by atoms with E-state index < -0.39 is 10.3 Å². The lowest BCUT2D eigenvalue weighted by atomic mass is 10.3. The number of nitrogens with zero attached hydrogens (tertiary/aromatic N) is 1. The monoisotopic (exact) mass is 272 g/mol. The summed E-state index contributed by atoms with van der Waals surface area (Å²) in [7, 11) is -1.04. The Morgan fingerprint density at radius 3 is 2.61 bits per heavy atom. The summed E-state index contributed by atoms with van der Waals surface area (Å²) in [6, 6.07) is 6.21. The zero-order valence-corrected chi connectivity index (χ0v) is 11.3. The molecule has 0 saturated heterocycles. The molecular weight excluding hydrogens is 256 g/mol. The number of carbonyl (C=O) groups excluding carboxylic acids is 1. The fraction of sp³-hybridized carbons (Fsp3) is 0.364. The molecule has 0 heterocycles. The second-order valence-corrected chi connectivity index (χ2v) is 5.51. The zero-order chi connectivity index (χ0) is 13.8. The Balaban J connectivity index is 2.86. The molecule has 0 bridgehead atoms. The molecule has 0 saturated carbocycles. The van der Waals surface area contributed by atoms with Gasteiger partial charge in [0.15, 0.2) is 0 Å². The largest absolute Gasteiger partial charge is 0.384 e. The maximum Gasteiger partial charge on any atom is 0.384 e. The number of nitrogens with one attached hydrogen (secondary N) is 1. The first-order chi connectivity index (χ1) is 8.35. The molecule has 0 atom stereocenters. The highest BCUT2D eigenvalue weighted by molar-refractivity contribution is 7.84. The Hall–Kier alpha value is -1.60. The van der Waals surface area contributed by atoms with Gasteiger partial charge in [-0.15, -0.1) is 0 Å². The number of benzene rings is 1. The number of amides is 1. The molecule has 0 aromatic heterocycles. The Morgan fingerprint density at radius 2 is 2.06 bits per heavy atom. The van der Waals surface area contributed by atoms with Crippen molar-refractivity contribution in [3.63, 3.8) is 0 Å². The van der Waals surface area contributed by atoms with Crippen LogP contribution in [0.1, 0.15) is 13.3 Å². The van der Waals surface area contributed by atoms with Gasteiger partial charge in [0.25, 0.3) is 0 Å². The van der Waals surface area contributed by atoms with Gasteiger partial charge in [-0.1, -0.05) is 13.0 Å². The molecule has 0 spiro atoms. The van der Waals surface area contributed by atoms with Crippen LogP contribution in [-0.2, 0) is 15.1 Å². The van der Waals surface area contributed by atoms with E-state index >= 15 is 0 Å². The summed E-state index contributed by atoms with van der Waals surface area (Å²) < 4.78 is 28.8. The van der Waals surface area contributed by atoms with E-state index in [9.17, 15) is 13.2 Å². The third-order valence-electron chi connectivity index (χ3n) is 2.09. The summed E-state index contributed by atoms with van der Waals surface area (Å²) in [5, 5.41) is 2.62. The third-order valence-corrected chi connectivity index (χ3v) is 3.39. The molecule has 100 valence electrons. The highest BCUT2D eigenvalue weighted by Crippen LogP contribution is 2.19. The molecule has 0 aliphatic heterocycles. The lowest BCUT2D eigenvalue weighted by Gasteiger charge is -2.12. The number of rotatable bonds is 5. The highest BCUT2D eigenvalue weighted by atomic mass is 32.2. The first-order valence-electron chi connectivity index (χ1n) is 5.37. The van der Waals surface area contributed by atoms with Gasteiger partial charge in [-0.2, -0.15) is 12.7 Å². The fourth-order valence-corrected chi connectivity index (χ4v) is 1.57. The summed E-state index contributed by atoms with van der Waals surface area (Å²) in [5.74, 6) is 0.000204. The van der Waals surface area contributed by atoms with Gasteiger partial charge in [0.1, 0.15) is 5.75 Å². The molecule has 1 aromatic carbocycles. The van der Waals surface area contributed by atoms with Crippen molar-refractivity contribution in [3.05, 3.63) is 24.3 Å². The average Bonchev–Trinajstić information content (AvgIpc) is 2.28. The second-order valence-electron chi connectivity index (χ2n) is 3.75. The Kier molecular flexibility index (Phi) is 4.69. The number of hydrogen-bond acceptors (Lipinski definition) is 4. The van der Waals surface area contributed by atoms with Crippen LogP contribution in [0.4, 0.5) is 5.69 Å². The van der Waals surface area contributed by atoms with Gasteiger partial charge in [-0.3, -0.25) is 4.79 Å². The van der Waals surface area contributed by atoms with Crippen molar-refractivity contribution < 1.29 is 17.4 Å². The lowest BCUT2D eigenvalue weighted by Crippen LogP contribution is -2.27. The van der Waals surface area contributed by atoms with Gasteiger partial charge in [-0.25, -0.2) is 0 Å². The van der Waals surface area contributed by atoms with Crippen LogP contribution in [0.3, 0.4) is 0 Å². The molecule has 7 heteroatoms. The van der Waals surface area contributed by atoms with Gasteiger partial charge in [-0.05, 0) is 12.1 Å². The minimum absolute atomic E-state index is 0.150. The van der Waals surface area contributed by atoms with Gasteiger partial charge in [0, 0.05) is 32.3 Å². The molecular formula is C11H16N2O4S. The molecule has 0 aliphatic rings. The standard InChI is InChI=1S/C11H16N2O4S/c1-4-11(14)12-9-6-5-7-10(8-9)17-18(15,16)13(2)3/h5-8H,4H2,1-3H3,(H,12,14). The smallest absolute Gasteiger partial charge is 0.371 e. The van der Waals surface area contributed by atoms with Crippen LogP contribution >= 0.6 is 0 Å². The Bertz CT molecular complexity index is 526. The van der Waals surface area contributed by atoms with E-state index in [0.717, 1.165) is 4.31 Å². The molecule has 0 fully saturated rings. The SMILES string of the molecule is CCC(=O)Nc1cccc(OS(=O)(=O)N(C)C)c1. The van der Waals surface area contributed by atoms with Crippen LogP contribution in [-0.4, -0.2) is 32.7 Å². The van der Waals surface area contributed by atoms with Crippen LogP contribution < -0.4 is 9.50 Å². The fourth-order valence-electron chi connectivity index (χ4n) is 1.07. The molecule has 1 N–H and O–H groups in total. The minimum Gasteiger partial charge on any atom is -0.371 e. The Labute approximate surface area is 107 Å². The van der Waals surface area contributed by atoms with Crippen molar-refractivity contribution in [2.24, 2.45) is 0 Å². The van der Waals surface area contributed by atoms with E-state index in [1.807, 2.05) is 0 Å². The van der Waals surface area contributed by atoms with Gasteiger partial charge in [0.05, 0.1) is 0 Å². The average molecular weight is 272 g/mol. The van der Waals surface area contributed by atoms with Crippen molar-refractivity contribution in [2.45, 2.75) is 13.3 Å². The predicted octanol–water partition coefficient (Wildman–Crippen LogP) is 1.22. The Morgan fingerprint density at radius 1 is 1.39 bits per heavy atom.